The van der Waals surface area contributed by atoms with E-state index in [1.54, 1.807) is 0 Å². The monoisotopic (exact) mass is 275 g/mol. The van der Waals surface area contributed by atoms with Crippen molar-refractivity contribution in [2.45, 2.75) is 26.4 Å². The molecule has 108 valence electrons. The molecule has 0 spiro atoms. The second-order valence-corrected chi connectivity index (χ2v) is 4.57. The van der Waals surface area contributed by atoms with Crippen LogP contribution in [0.2, 0.25) is 0 Å². The predicted octanol–water partition coefficient (Wildman–Crippen LogP) is 2.60. The Morgan fingerprint density at radius 1 is 1.35 bits per heavy atom. The van der Waals surface area contributed by atoms with Crippen molar-refractivity contribution in [2.75, 3.05) is 20.2 Å². The van der Waals surface area contributed by atoms with Crippen LogP contribution in [0.3, 0.4) is 0 Å². The number of nitrogens with zero attached hydrogens (tertiary/aromatic N) is 2. The van der Waals surface area contributed by atoms with E-state index in [0.29, 0.717) is 18.3 Å². The molecule has 5 nitrogen and oxygen atoms in total. The quantitative estimate of drug-likeness (QED) is 0.841. The van der Waals surface area contributed by atoms with Gasteiger partial charge in [0, 0.05) is 12.2 Å². The molecule has 1 heterocycles. The topological polar surface area (TPSA) is 60.2 Å². The summed E-state index contributed by atoms with van der Waals surface area (Å²) in [4.78, 5) is 4.44. The molecule has 1 aromatic heterocycles. The summed E-state index contributed by atoms with van der Waals surface area (Å²) < 4.78 is 10.9. The molecule has 1 unspecified atom stereocenters. The van der Waals surface area contributed by atoms with Gasteiger partial charge in [0.25, 0.3) is 5.89 Å². The van der Waals surface area contributed by atoms with E-state index >= 15 is 0 Å². The number of hydrogen-bond acceptors (Lipinski definition) is 5. The van der Waals surface area contributed by atoms with Crippen LogP contribution in [-0.2, 0) is 11.2 Å². The van der Waals surface area contributed by atoms with Crippen LogP contribution in [-0.4, -0.2) is 30.3 Å². The first-order valence-corrected chi connectivity index (χ1v) is 6.94. The molecule has 5 heteroatoms. The van der Waals surface area contributed by atoms with E-state index in [9.17, 15) is 0 Å². The maximum atomic E-state index is 5.48. The molecule has 1 atom stereocenters. The summed E-state index contributed by atoms with van der Waals surface area (Å²) in [5.41, 5.74) is 2.19. The summed E-state index contributed by atoms with van der Waals surface area (Å²) in [7, 11) is 1.94. The van der Waals surface area contributed by atoms with Gasteiger partial charge in [-0.3, -0.25) is 0 Å². The van der Waals surface area contributed by atoms with Gasteiger partial charge >= 0.3 is 0 Å². The lowest BCUT2D eigenvalue weighted by Gasteiger charge is -2.06. The SMILES string of the molecule is CCOC(C)c1noc(-c2ccccc2CCNC)n1. The fourth-order valence-electron chi connectivity index (χ4n) is 2.04. The van der Waals surface area contributed by atoms with E-state index < -0.39 is 0 Å². The van der Waals surface area contributed by atoms with Gasteiger partial charge in [-0.05, 0) is 45.5 Å². The molecule has 2 rings (SSSR count). The molecule has 0 fully saturated rings. The van der Waals surface area contributed by atoms with E-state index in [-0.39, 0.29) is 6.10 Å². The molecule has 1 aromatic carbocycles. The summed E-state index contributed by atoms with van der Waals surface area (Å²) in [6.45, 7) is 5.41. The zero-order valence-electron chi connectivity index (χ0n) is 12.2. The van der Waals surface area contributed by atoms with Crippen molar-refractivity contribution in [1.82, 2.24) is 15.5 Å². The van der Waals surface area contributed by atoms with Crippen molar-refractivity contribution in [3.8, 4) is 11.5 Å². The van der Waals surface area contributed by atoms with Crippen LogP contribution in [0, 0.1) is 0 Å². The van der Waals surface area contributed by atoms with Crippen LogP contribution in [0.5, 0.6) is 0 Å². The highest BCUT2D eigenvalue weighted by Gasteiger charge is 2.16. The number of aromatic nitrogens is 2. The molecular weight excluding hydrogens is 254 g/mol. The minimum absolute atomic E-state index is 0.151. The Morgan fingerprint density at radius 3 is 2.90 bits per heavy atom. The van der Waals surface area contributed by atoms with E-state index in [2.05, 4.69) is 21.5 Å². The third-order valence-corrected chi connectivity index (χ3v) is 3.11. The standard InChI is InChI=1S/C15H21N3O2/c1-4-19-11(2)14-17-15(20-18-14)13-8-6-5-7-12(13)9-10-16-3/h5-8,11,16H,4,9-10H2,1-3H3. The van der Waals surface area contributed by atoms with Gasteiger partial charge in [0.05, 0.1) is 0 Å². The first-order valence-electron chi connectivity index (χ1n) is 6.94. The Morgan fingerprint density at radius 2 is 2.15 bits per heavy atom. The zero-order chi connectivity index (χ0) is 14.4. The van der Waals surface area contributed by atoms with Gasteiger partial charge in [0.1, 0.15) is 6.10 Å². The van der Waals surface area contributed by atoms with Gasteiger partial charge in [-0.2, -0.15) is 4.98 Å². The first-order chi connectivity index (χ1) is 9.76. The molecule has 0 amide bonds. The highest BCUT2D eigenvalue weighted by Crippen LogP contribution is 2.24. The van der Waals surface area contributed by atoms with E-state index in [1.807, 2.05) is 39.1 Å². The second-order valence-electron chi connectivity index (χ2n) is 4.57. The minimum atomic E-state index is -0.151. The number of likely N-dealkylation sites (N-methyl/N-ethyl adjacent to an activating group) is 1. The van der Waals surface area contributed by atoms with Crippen LogP contribution < -0.4 is 5.32 Å². The summed E-state index contributed by atoms with van der Waals surface area (Å²) in [5.74, 6) is 1.14. The summed E-state index contributed by atoms with van der Waals surface area (Å²) in [5, 5.41) is 7.15. The van der Waals surface area contributed by atoms with Crippen molar-refractivity contribution in [2.24, 2.45) is 0 Å². The largest absolute Gasteiger partial charge is 0.371 e. The lowest BCUT2D eigenvalue weighted by atomic mass is 10.0. The molecular formula is C15H21N3O2. The van der Waals surface area contributed by atoms with Gasteiger partial charge in [-0.1, -0.05) is 23.4 Å². The Balaban J connectivity index is 2.23. The highest BCUT2D eigenvalue weighted by molar-refractivity contribution is 5.58. The van der Waals surface area contributed by atoms with Gasteiger partial charge in [-0.15, -0.1) is 0 Å². The number of rotatable bonds is 7. The maximum absolute atomic E-state index is 5.48. The third kappa shape index (κ3) is 3.43. The van der Waals surface area contributed by atoms with E-state index in [4.69, 9.17) is 9.26 Å². The number of nitrogens with one attached hydrogen (secondary N) is 1. The number of benzene rings is 1. The summed E-state index contributed by atoms with van der Waals surface area (Å²) in [6, 6.07) is 8.10. The molecule has 2 aromatic rings. The predicted molar refractivity (Wildman–Crippen MR) is 77.4 cm³/mol. The fourth-order valence-corrected chi connectivity index (χ4v) is 2.04. The minimum Gasteiger partial charge on any atom is -0.371 e. The van der Waals surface area contributed by atoms with Crippen LogP contribution in [0.1, 0.15) is 31.3 Å². The van der Waals surface area contributed by atoms with Crippen LogP contribution in [0.15, 0.2) is 28.8 Å². The number of ether oxygens (including phenoxy) is 1. The van der Waals surface area contributed by atoms with Crippen LogP contribution >= 0.6 is 0 Å². The van der Waals surface area contributed by atoms with Crippen molar-refractivity contribution in [3.63, 3.8) is 0 Å². The molecule has 20 heavy (non-hydrogen) atoms. The maximum Gasteiger partial charge on any atom is 0.258 e. The van der Waals surface area contributed by atoms with Gasteiger partial charge in [0.2, 0.25) is 5.82 Å². The molecule has 1 N–H and O–H groups in total. The molecule has 0 bridgehead atoms. The Bertz CT molecular complexity index is 539. The van der Waals surface area contributed by atoms with E-state index in [1.165, 1.54) is 5.56 Å². The Labute approximate surface area is 119 Å². The molecule has 0 radical (unpaired) electrons. The lowest BCUT2D eigenvalue weighted by Crippen LogP contribution is -2.10. The zero-order valence-corrected chi connectivity index (χ0v) is 12.2. The van der Waals surface area contributed by atoms with Crippen molar-refractivity contribution >= 4 is 0 Å². The average Bonchev–Trinajstić information content (AvgIpc) is 2.95. The molecule has 0 aliphatic carbocycles. The smallest absolute Gasteiger partial charge is 0.258 e. The lowest BCUT2D eigenvalue weighted by molar-refractivity contribution is 0.0683. The first kappa shape index (κ1) is 14.7. The van der Waals surface area contributed by atoms with Crippen molar-refractivity contribution < 1.29 is 9.26 Å². The highest BCUT2D eigenvalue weighted by atomic mass is 16.5. The van der Waals surface area contributed by atoms with Gasteiger partial charge in [-0.25, -0.2) is 0 Å². The molecule has 0 aliphatic rings. The van der Waals surface area contributed by atoms with Crippen LogP contribution in [0.25, 0.3) is 11.5 Å². The Kier molecular flexibility index (Phi) is 5.26. The van der Waals surface area contributed by atoms with Gasteiger partial charge in [0.15, 0.2) is 0 Å². The average molecular weight is 275 g/mol. The molecule has 0 saturated carbocycles. The molecule has 0 saturated heterocycles. The normalized spacial score (nSPS) is 12.6. The fraction of sp³-hybridized carbons (Fsp3) is 0.467. The molecule has 0 aliphatic heterocycles. The Hall–Kier alpha value is -1.72. The van der Waals surface area contributed by atoms with Gasteiger partial charge < -0.3 is 14.6 Å². The van der Waals surface area contributed by atoms with Crippen molar-refractivity contribution in [1.29, 1.82) is 0 Å². The van der Waals surface area contributed by atoms with Crippen LogP contribution in [0.4, 0.5) is 0 Å². The summed E-state index contributed by atoms with van der Waals surface area (Å²) >= 11 is 0. The second kappa shape index (κ2) is 7.17. The van der Waals surface area contributed by atoms with E-state index in [0.717, 1.165) is 18.5 Å². The van der Waals surface area contributed by atoms with Crippen molar-refractivity contribution in [3.05, 3.63) is 35.7 Å². The number of hydrogen-bond donors (Lipinski definition) is 1. The third-order valence-electron chi connectivity index (χ3n) is 3.11. The summed E-state index contributed by atoms with van der Waals surface area (Å²) in [6.07, 6.45) is 0.771.